The van der Waals surface area contributed by atoms with Crippen LogP contribution in [0.3, 0.4) is 0 Å². The minimum Gasteiger partial charge on any atom is -0.369 e. The molecule has 2 saturated carbocycles. The van der Waals surface area contributed by atoms with Crippen molar-refractivity contribution in [1.29, 1.82) is 0 Å². The molecule has 0 radical (unpaired) electrons. The van der Waals surface area contributed by atoms with Gasteiger partial charge in [-0.05, 0) is 37.2 Å². The smallest absolute Gasteiger partial charge is 0.243 e. The Kier molecular flexibility index (Phi) is 7.65. The van der Waals surface area contributed by atoms with Crippen molar-refractivity contribution in [2.45, 2.75) is 82.4 Å². The number of nitrogens with zero attached hydrogens (tertiary/aromatic N) is 2. The summed E-state index contributed by atoms with van der Waals surface area (Å²) in [5, 5.41) is 3.32. The third-order valence-corrected chi connectivity index (χ3v) is 7.93. The number of methoxy groups -OCH3 is 1. The van der Waals surface area contributed by atoms with Crippen LogP contribution in [-0.4, -0.2) is 28.6 Å². The van der Waals surface area contributed by atoms with E-state index in [1.165, 1.54) is 12.5 Å². The Morgan fingerprint density at radius 1 is 0.972 bits per heavy atom. The number of imidazole rings is 1. The monoisotopic (exact) mass is 495 g/mol. The van der Waals surface area contributed by atoms with Gasteiger partial charge < -0.3 is 14.6 Å². The molecule has 2 atom stereocenters. The lowest BCUT2D eigenvalue weighted by Crippen LogP contribution is -2.44. The first-order chi connectivity index (χ1) is 17.6. The van der Waals surface area contributed by atoms with Crippen LogP contribution >= 0.6 is 0 Å². The highest BCUT2D eigenvalue weighted by molar-refractivity contribution is 5.85. The fraction of sp³-hybridized carbons (Fsp3) is 0.517. The zero-order valence-corrected chi connectivity index (χ0v) is 20.9. The summed E-state index contributed by atoms with van der Waals surface area (Å²) in [7, 11) is 1.60. The maximum Gasteiger partial charge on any atom is 0.243 e. The van der Waals surface area contributed by atoms with Gasteiger partial charge in [-0.1, -0.05) is 68.9 Å². The number of hydrogen-bond acceptors (Lipinski definition) is 3. The first-order valence-electron chi connectivity index (χ1n) is 13.3. The minimum atomic E-state index is -0.951. The second-order valence-electron chi connectivity index (χ2n) is 10.3. The van der Waals surface area contributed by atoms with Crippen molar-refractivity contribution in [2.24, 2.45) is 5.92 Å². The average Bonchev–Trinajstić information content (AvgIpc) is 3.24. The molecule has 1 heterocycles. The van der Waals surface area contributed by atoms with Crippen LogP contribution in [0.25, 0.3) is 11.0 Å². The third-order valence-electron chi connectivity index (χ3n) is 7.93. The van der Waals surface area contributed by atoms with Crippen LogP contribution in [-0.2, 0) is 9.53 Å². The van der Waals surface area contributed by atoms with Crippen LogP contribution in [0.1, 0.15) is 87.7 Å². The van der Waals surface area contributed by atoms with E-state index < -0.39 is 23.8 Å². The fourth-order valence-electron chi connectivity index (χ4n) is 6.13. The van der Waals surface area contributed by atoms with Crippen molar-refractivity contribution in [3.63, 3.8) is 0 Å². The first-order valence-corrected chi connectivity index (χ1v) is 13.3. The Bertz CT molecular complexity index is 1180. The lowest BCUT2D eigenvalue weighted by atomic mass is 9.82. The van der Waals surface area contributed by atoms with E-state index >= 15 is 0 Å². The molecule has 192 valence electrons. The van der Waals surface area contributed by atoms with Gasteiger partial charge in [0.25, 0.3) is 0 Å². The van der Waals surface area contributed by atoms with Crippen LogP contribution in [0.15, 0.2) is 42.5 Å². The van der Waals surface area contributed by atoms with E-state index in [4.69, 9.17) is 9.72 Å². The molecule has 0 aliphatic heterocycles. The normalized spacial score (nSPS) is 19.3. The molecular weight excluding hydrogens is 460 g/mol. The largest absolute Gasteiger partial charge is 0.369 e. The summed E-state index contributed by atoms with van der Waals surface area (Å²) in [6.07, 6.45) is 9.87. The molecule has 2 aromatic carbocycles. The van der Waals surface area contributed by atoms with Gasteiger partial charge in [0.1, 0.15) is 18.0 Å². The lowest BCUT2D eigenvalue weighted by molar-refractivity contribution is -0.127. The number of ether oxygens (including phenoxy) is 1. The maximum atomic E-state index is 14.6. The summed E-state index contributed by atoms with van der Waals surface area (Å²) in [6.45, 7) is 0. The van der Waals surface area contributed by atoms with Crippen molar-refractivity contribution in [2.75, 3.05) is 7.11 Å². The van der Waals surface area contributed by atoms with Crippen LogP contribution in [0.2, 0.25) is 0 Å². The van der Waals surface area contributed by atoms with Crippen molar-refractivity contribution in [3.05, 3.63) is 65.5 Å². The van der Waals surface area contributed by atoms with E-state index in [0.717, 1.165) is 69.4 Å². The van der Waals surface area contributed by atoms with Crippen LogP contribution in [0.5, 0.6) is 0 Å². The summed E-state index contributed by atoms with van der Waals surface area (Å²) in [6, 6.07) is 11.5. The van der Waals surface area contributed by atoms with Crippen molar-refractivity contribution in [3.8, 4) is 0 Å². The molecule has 7 heteroatoms. The molecule has 1 unspecified atom stereocenters. The zero-order chi connectivity index (χ0) is 25.1. The highest BCUT2D eigenvalue weighted by atomic mass is 19.2. The molecule has 2 aliphatic rings. The SMILES string of the molecule is CO[C@@H](c1ccccc1)c1nc2cc(F)c(F)cc2n1C(C(=O)NC1CCCCC1)C1CCCCC1. The molecule has 1 N–H and O–H groups in total. The number of carbonyl (C=O) groups is 1. The second kappa shape index (κ2) is 11.1. The van der Waals surface area contributed by atoms with Gasteiger partial charge in [-0.2, -0.15) is 0 Å². The molecule has 2 fully saturated rings. The van der Waals surface area contributed by atoms with E-state index in [-0.39, 0.29) is 17.9 Å². The highest BCUT2D eigenvalue weighted by Gasteiger charge is 2.37. The van der Waals surface area contributed by atoms with Crippen LogP contribution in [0, 0.1) is 17.6 Å². The Morgan fingerprint density at radius 2 is 1.61 bits per heavy atom. The predicted molar refractivity (Wildman–Crippen MR) is 136 cm³/mol. The second-order valence-corrected chi connectivity index (χ2v) is 10.3. The Balaban J connectivity index is 1.66. The van der Waals surface area contributed by atoms with Gasteiger partial charge >= 0.3 is 0 Å². The van der Waals surface area contributed by atoms with Gasteiger partial charge in [-0.25, -0.2) is 13.8 Å². The molecule has 0 spiro atoms. The summed E-state index contributed by atoms with van der Waals surface area (Å²) < 4.78 is 36.6. The molecular formula is C29H35F2N3O2. The van der Waals surface area contributed by atoms with Gasteiger partial charge in [0.05, 0.1) is 11.0 Å². The molecule has 0 bridgehead atoms. The number of hydrogen-bond donors (Lipinski definition) is 1. The number of benzene rings is 2. The van der Waals surface area contributed by atoms with Crippen LogP contribution < -0.4 is 5.32 Å². The Labute approximate surface area is 211 Å². The topological polar surface area (TPSA) is 56.2 Å². The summed E-state index contributed by atoms with van der Waals surface area (Å²) >= 11 is 0. The van der Waals surface area contributed by atoms with E-state index in [2.05, 4.69) is 5.32 Å². The van der Waals surface area contributed by atoms with E-state index in [1.807, 2.05) is 34.9 Å². The van der Waals surface area contributed by atoms with Crippen molar-refractivity contribution < 1.29 is 18.3 Å². The molecule has 0 saturated heterocycles. The minimum absolute atomic E-state index is 0.0537. The van der Waals surface area contributed by atoms with Crippen molar-refractivity contribution >= 4 is 16.9 Å². The van der Waals surface area contributed by atoms with Gasteiger partial charge in [-0.15, -0.1) is 0 Å². The van der Waals surface area contributed by atoms with E-state index in [1.54, 1.807) is 7.11 Å². The van der Waals surface area contributed by atoms with Gasteiger partial charge in [0, 0.05) is 25.3 Å². The Hall–Kier alpha value is -2.80. The number of rotatable bonds is 7. The first kappa shape index (κ1) is 24.9. The molecule has 5 nitrogen and oxygen atoms in total. The fourth-order valence-corrected chi connectivity index (χ4v) is 6.13. The molecule has 5 rings (SSSR count). The van der Waals surface area contributed by atoms with Gasteiger partial charge in [0.2, 0.25) is 5.91 Å². The summed E-state index contributed by atoms with van der Waals surface area (Å²) in [4.78, 5) is 18.8. The number of fused-ring (bicyclic) bond motifs is 1. The predicted octanol–water partition coefficient (Wildman–Crippen LogP) is 6.62. The number of amides is 1. The van der Waals surface area contributed by atoms with E-state index in [9.17, 15) is 13.6 Å². The maximum absolute atomic E-state index is 14.6. The number of nitrogens with one attached hydrogen (secondary N) is 1. The zero-order valence-electron chi connectivity index (χ0n) is 20.9. The molecule has 1 aromatic heterocycles. The quantitative estimate of drug-likeness (QED) is 0.401. The van der Waals surface area contributed by atoms with Crippen LogP contribution in [0.4, 0.5) is 8.78 Å². The average molecular weight is 496 g/mol. The van der Waals surface area contributed by atoms with E-state index in [0.29, 0.717) is 16.9 Å². The number of halogens is 2. The van der Waals surface area contributed by atoms with Gasteiger partial charge in [-0.3, -0.25) is 4.79 Å². The summed E-state index contributed by atoms with van der Waals surface area (Å²) in [5.74, 6) is -1.37. The molecule has 36 heavy (non-hydrogen) atoms. The summed E-state index contributed by atoms with van der Waals surface area (Å²) in [5.41, 5.74) is 1.62. The standard InChI is InChI=1S/C29H35F2N3O2/c1-36-27(20-13-7-3-8-14-20)28-33-24-17-22(30)23(31)18-25(24)34(28)26(19-11-5-2-6-12-19)29(35)32-21-15-9-4-10-16-21/h3,7-8,13-14,17-19,21,26-27H,2,4-6,9-12,15-16H2,1H3,(H,32,35)/t26?,27-/m0/s1. The molecule has 1 amide bonds. The Morgan fingerprint density at radius 3 is 2.28 bits per heavy atom. The third kappa shape index (κ3) is 5.03. The molecule has 2 aliphatic carbocycles. The lowest BCUT2D eigenvalue weighted by Gasteiger charge is -2.34. The van der Waals surface area contributed by atoms with Gasteiger partial charge in [0.15, 0.2) is 11.6 Å². The number of carbonyl (C=O) groups excluding carboxylic acids is 1. The van der Waals surface area contributed by atoms with Crippen molar-refractivity contribution in [1.82, 2.24) is 14.9 Å². The highest BCUT2D eigenvalue weighted by Crippen LogP contribution is 2.39. The molecule has 3 aromatic rings. The number of aromatic nitrogens is 2.